The van der Waals surface area contributed by atoms with E-state index in [2.05, 4.69) is 43.3 Å². The molecule has 2 amide bonds. The van der Waals surface area contributed by atoms with Gasteiger partial charge in [-0.2, -0.15) is 0 Å². The summed E-state index contributed by atoms with van der Waals surface area (Å²) in [5, 5.41) is 2.96. The first-order valence-electron chi connectivity index (χ1n) is 8.12. The summed E-state index contributed by atoms with van der Waals surface area (Å²) in [5.41, 5.74) is 0.955. The highest BCUT2D eigenvalue weighted by atomic mass is 79.9. The molecule has 3 rings (SSSR count). The largest absolute Gasteiger partial charge is 0.481 e. The molecule has 0 aliphatic carbocycles. The number of halogens is 1. The van der Waals surface area contributed by atoms with Gasteiger partial charge in [-0.15, -0.1) is 11.3 Å². The van der Waals surface area contributed by atoms with E-state index in [0.717, 1.165) is 42.1 Å². The van der Waals surface area contributed by atoms with Crippen molar-refractivity contribution in [1.82, 2.24) is 20.1 Å². The van der Waals surface area contributed by atoms with Gasteiger partial charge in [0.25, 0.3) is 0 Å². The van der Waals surface area contributed by atoms with E-state index in [0.29, 0.717) is 12.4 Å². The van der Waals surface area contributed by atoms with E-state index < -0.39 is 0 Å². The van der Waals surface area contributed by atoms with Crippen molar-refractivity contribution in [3.8, 4) is 5.88 Å². The highest BCUT2D eigenvalue weighted by Gasteiger charge is 2.21. The molecule has 2 aromatic heterocycles. The Bertz CT molecular complexity index is 699. The fraction of sp³-hybridized carbons (Fsp3) is 0.412. The van der Waals surface area contributed by atoms with E-state index in [1.165, 1.54) is 4.88 Å². The van der Waals surface area contributed by atoms with Gasteiger partial charge in [0.15, 0.2) is 0 Å². The second kappa shape index (κ2) is 8.64. The minimum atomic E-state index is -0.0191. The number of rotatable bonds is 5. The van der Waals surface area contributed by atoms with Crippen LogP contribution in [0.15, 0.2) is 34.2 Å². The van der Waals surface area contributed by atoms with Crippen LogP contribution >= 0.6 is 27.3 Å². The van der Waals surface area contributed by atoms with Crippen LogP contribution in [0.3, 0.4) is 0 Å². The molecule has 25 heavy (non-hydrogen) atoms. The average Bonchev–Trinajstić information content (AvgIpc) is 3.05. The molecule has 134 valence electrons. The summed E-state index contributed by atoms with van der Waals surface area (Å²) >= 11 is 5.26. The summed E-state index contributed by atoms with van der Waals surface area (Å²) in [6.07, 6.45) is 1.72. The van der Waals surface area contributed by atoms with Crippen LogP contribution in [0.4, 0.5) is 4.79 Å². The number of urea groups is 1. The first kappa shape index (κ1) is 18.2. The summed E-state index contributed by atoms with van der Waals surface area (Å²) in [7, 11) is 1.58. The third kappa shape index (κ3) is 5.17. The smallest absolute Gasteiger partial charge is 0.317 e. The normalized spacial score (nSPS) is 15.2. The molecule has 2 aromatic rings. The topological polar surface area (TPSA) is 57.7 Å². The summed E-state index contributed by atoms with van der Waals surface area (Å²) in [6, 6.07) is 7.91. The molecule has 0 saturated carbocycles. The Morgan fingerprint density at radius 2 is 2.08 bits per heavy atom. The molecule has 3 heterocycles. The number of piperazine rings is 1. The number of ether oxygens (including phenoxy) is 1. The van der Waals surface area contributed by atoms with Crippen molar-refractivity contribution in [3.63, 3.8) is 0 Å². The monoisotopic (exact) mass is 424 g/mol. The van der Waals surface area contributed by atoms with Crippen molar-refractivity contribution < 1.29 is 9.53 Å². The molecule has 1 aliphatic rings. The fourth-order valence-electron chi connectivity index (χ4n) is 2.69. The van der Waals surface area contributed by atoms with Crippen molar-refractivity contribution >= 4 is 33.3 Å². The van der Waals surface area contributed by atoms with Crippen molar-refractivity contribution in [1.29, 1.82) is 0 Å². The molecule has 0 unspecified atom stereocenters. The molecule has 0 radical (unpaired) electrons. The van der Waals surface area contributed by atoms with Gasteiger partial charge in [0.1, 0.15) is 0 Å². The standard InChI is InChI=1S/C17H21BrN4O2S/c1-24-16-5-2-13(10-19-16)11-20-17(23)22-8-6-21(7-9-22)12-14-3-4-15(18)25-14/h2-5,10H,6-9,11-12H2,1H3,(H,20,23). The molecule has 1 N–H and O–H groups in total. The molecule has 0 bridgehead atoms. The zero-order valence-electron chi connectivity index (χ0n) is 14.1. The van der Waals surface area contributed by atoms with E-state index in [9.17, 15) is 4.79 Å². The Morgan fingerprint density at radius 3 is 2.68 bits per heavy atom. The molecule has 1 fully saturated rings. The van der Waals surface area contributed by atoms with E-state index >= 15 is 0 Å². The van der Waals surface area contributed by atoms with Crippen LogP contribution in [0.25, 0.3) is 0 Å². The van der Waals surface area contributed by atoms with Gasteiger partial charge in [0, 0.05) is 56.4 Å². The zero-order valence-corrected chi connectivity index (χ0v) is 16.5. The van der Waals surface area contributed by atoms with E-state index in [1.54, 1.807) is 30.7 Å². The molecule has 1 aliphatic heterocycles. The number of thiophene rings is 1. The Labute approximate surface area is 159 Å². The first-order chi connectivity index (χ1) is 12.1. The highest BCUT2D eigenvalue weighted by molar-refractivity contribution is 9.11. The second-order valence-electron chi connectivity index (χ2n) is 5.84. The van der Waals surface area contributed by atoms with Crippen molar-refractivity contribution in [2.45, 2.75) is 13.1 Å². The van der Waals surface area contributed by atoms with Gasteiger partial charge in [0.2, 0.25) is 5.88 Å². The number of hydrogen-bond donors (Lipinski definition) is 1. The Morgan fingerprint density at radius 1 is 1.28 bits per heavy atom. The van der Waals surface area contributed by atoms with Crippen LogP contribution in [-0.2, 0) is 13.1 Å². The highest BCUT2D eigenvalue weighted by Crippen LogP contribution is 2.23. The van der Waals surface area contributed by atoms with Crippen LogP contribution in [0.5, 0.6) is 5.88 Å². The molecule has 6 nitrogen and oxygen atoms in total. The zero-order chi connectivity index (χ0) is 17.6. The summed E-state index contributed by atoms with van der Waals surface area (Å²) in [4.78, 5) is 22.1. The number of pyridine rings is 1. The number of carbonyl (C=O) groups excluding carboxylic acids is 1. The Kier molecular flexibility index (Phi) is 6.28. The Balaban J connectivity index is 1.41. The SMILES string of the molecule is COc1ccc(CNC(=O)N2CCN(Cc3ccc(Br)s3)CC2)cn1. The second-order valence-corrected chi connectivity index (χ2v) is 8.38. The van der Waals surface area contributed by atoms with Crippen molar-refractivity contribution in [3.05, 3.63) is 44.7 Å². The van der Waals surface area contributed by atoms with Crippen molar-refractivity contribution in [2.75, 3.05) is 33.3 Å². The molecule has 8 heteroatoms. The molecular formula is C17H21BrN4O2S. The molecule has 0 spiro atoms. The average molecular weight is 425 g/mol. The quantitative estimate of drug-likeness (QED) is 0.801. The summed E-state index contributed by atoms with van der Waals surface area (Å²) in [5.74, 6) is 0.573. The lowest BCUT2D eigenvalue weighted by atomic mass is 10.3. The van der Waals surface area contributed by atoms with Gasteiger partial charge < -0.3 is 15.0 Å². The summed E-state index contributed by atoms with van der Waals surface area (Å²) in [6.45, 7) is 4.71. The fourth-order valence-corrected chi connectivity index (χ4v) is 4.22. The minimum Gasteiger partial charge on any atom is -0.481 e. The van der Waals surface area contributed by atoms with Crippen LogP contribution in [0, 0.1) is 0 Å². The molecular weight excluding hydrogens is 404 g/mol. The third-order valence-electron chi connectivity index (χ3n) is 4.12. The van der Waals surface area contributed by atoms with E-state index in [1.807, 2.05) is 11.0 Å². The lowest BCUT2D eigenvalue weighted by Crippen LogP contribution is -2.51. The number of hydrogen-bond acceptors (Lipinski definition) is 5. The van der Waals surface area contributed by atoms with E-state index in [-0.39, 0.29) is 6.03 Å². The maximum Gasteiger partial charge on any atom is 0.317 e. The number of methoxy groups -OCH3 is 1. The number of nitrogens with zero attached hydrogens (tertiary/aromatic N) is 3. The van der Waals surface area contributed by atoms with Gasteiger partial charge in [-0.05, 0) is 33.6 Å². The van der Waals surface area contributed by atoms with Crippen LogP contribution < -0.4 is 10.1 Å². The molecule has 0 aromatic carbocycles. The number of aromatic nitrogens is 1. The third-order valence-corrected chi connectivity index (χ3v) is 5.73. The number of carbonyl (C=O) groups is 1. The van der Waals surface area contributed by atoms with Crippen LogP contribution in [0.2, 0.25) is 0 Å². The maximum absolute atomic E-state index is 12.3. The van der Waals surface area contributed by atoms with Gasteiger partial charge in [0.05, 0.1) is 10.9 Å². The van der Waals surface area contributed by atoms with Crippen molar-refractivity contribution in [2.24, 2.45) is 0 Å². The van der Waals surface area contributed by atoms with Gasteiger partial charge in [-0.1, -0.05) is 6.07 Å². The first-order valence-corrected chi connectivity index (χ1v) is 9.73. The number of nitrogens with one attached hydrogen (secondary N) is 1. The predicted molar refractivity (Wildman–Crippen MR) is 102 cm³/mol. The Hall–Kier alpha value is -1.64. The molecule has 0 atom stereocenters. The lowest BCUT2D eigenvalue weighted by Gasteiger charge is -2.34. The predicted octanol–water partition coefficient (Wildman–Crippen LogP) is 2.94. The van der Waals surface area contributed by atoms with Gasteiger partial charge in [-0.25, -0.2) is 9.78 Å². The maximum atomic E-state index is 12.3. The van der Waals surface area contributed by atoms with Gasteiger partial charge >= 0.3 is 6.03 Å². The van der Waals surface area contributed by atoms with Crippen LogP contribution in [0.1, 0.15) is 10.4 Å². The lowest BCUT2D eigenvalue weighted by molar-refractivity contribution is 0.135. The number of amides is 2. The minimum absolute atomic E-state index is 0.0191. The van der Waals surface area contributed by atoms with Gasteiger partial charge in [-0.3, -0.25) is 4.90 Å². The van der Waals surface area contributed by atoms with Crippen LogP contribution in [-0.4, -0.2) is 54.1 Å². The van der Waals surface area contributed by atoms with E-state index in [4.69, 9.17) is 4.74 Å². The summed E-state index contributed by atoms with van der Waals surface area (Å²) < 4.78 is 6.19. The molecule has 1 saturated heterocycles.